The number of anilines is 2. The van der Waals surface area contributed by atoms with Crippen molar-refractivity contribution in [3.05, 3.63) is 83.9 Å². The lowest BCUT2D eigenvalue weighted by Crippen LogP contribution is -2.30. The van der Waals surface area contributed by atoms with Gasteiger partial charge in [-0.3, -0.25) is 14.4 Å². The van der Waals surface area contributed by atoms with E-state index in [2.05, 4.69) is 10.6 Å². The number of para-hydroxylation sites is 1. The number of hydrogen-bond donors (Lipinski definition) is 2. The average molecular weight is 499 g/mol. The van der Waals surface area contributed by atoms with E-state index in [1.54, 1.807) is 48.5 Å². The van der Waals surface area contributed by atoms with E-state index in [4.69, 9.17) is 21.1 Å². The highest BCUT2D eigenvalue weighted by molar-refractivity contribution is 8.00. The monoisotopic (exact) mass is 498 g/mol. The van der Waals surface area contributed by atoms with Gasteiger partial charge in [-0.2, -0.15) is 0 Å². The zero-order valence-electron chi connectivity index (χ0n) is 18.3. The molecule has 0 aliphatic carbocycles. The number of amides is 2. The molecule has 0 unspecified atom stereocenters. The number of hydrogen-bond acceptors (Lipinski definition) is 6. The Morgan fingerprint density at radius 3 is 2.09 bits per heavy atom. The second-order valence-electron chi connectivity index (χ2n) is 7.11. The van der Waals surface area contributed by atoms with E-state index in [1.165, 1.54) is 6.92 Å². The number of rotatable bonds is 10. The minimum Gasteiger partial charge on any atom is -0.457 e. The van der Waals surface area contributed by atoms with Crippen LogP contribution < -0.4 is 15.4 Å². The number of carbonyl (C=O) groups is 3. The van der Waals surface area contributed by atoms with E-state index < -0.39 is 18.0 Å². The Morgan fingerprint density at radius 1 is 0.824 bits per heavy atom. The molecule has 0 fully saturated rings. The first kappa shape index (κ1) is 25.1. The molecule has 0 aliphatic heterocycles. The Morgan fingerprint density at radius 2 is 1.41 bits per heavy atom. The summed E-state index contributed by atoms with van der Waals surface area (Å²) >= 11 is 6.90. The van der Waals surface area contributed by atoms with Crippen LogP contribution in [0, 0.1) is 0 Å². The molecule has 0 aromatic heterocycles. The molecule has 176 valence electrons. The largest absolute Gasteiger partial charge is 0.457 e. The molecular formula is C25H23ClN2O5S. The number of halogens is 1. The smallest absolute Gasteiger partial charge is 0.316 e. The predicted molar refractivity (Wildman–Crippen MR) is 135 cm³/mol. The summed E-state index contributed by atoms with van der Waals surface area (Å²) in [6, 6.07) is 22.9. The van der Waals surface area contributed by atoms with E-state index in [0.717, 1.165) is 11.8 Å². The Bertz CT molecular complexity index is 1110. The highest BCUT2D eigenvalue weighted by atomic mass is 35.5. The van der Waals surface area contributed by atoms with Crippen LogP contribution >= 0.6 is 23.4 Å². The van der Waals surface area contributed by atoms with Crippen molar-refractivity contribution >= 4 is 52.5 Å². The fourth-order valence-electron chi connectivity index (χ4n) is 2.72. The number of benzene rings is 3. The quantitative estimate of drug-likeness (QED) is 0.365. The first-order valence-electron chi connectivity index (χ1n) is 10.4. The SMILES string of the molecule is C[C@H](OC(=O)CSCC(=O)Nc1ccc(Cl)cc1)C(=O)Nc1ccc(Oc2ccccc2)cc1. The molecule has 3 aromatic rings. The summed E-state index contributed by atoms with van der Waals surface area (Å²) in [5.41, 5.74) is 1.16. The lowest BCUT2D eigenvalue weighted by molar-refractivity contribution is -0.150. The third kappa shape index (κ3) is 8.46. The number of nitrogens with one attached hydrogen (secondary N) is 2. The maximum Gasteiger partial charge on any atom is 0.316 e. The van der Waals surface area contributed by atoms with Gasteiger partial charge in [0.1, 0.15) is 11.5 Å². The molecule has 1 atom stereocenters. The van der Waals surface area contributed by atoms with Crippen molar-refractivity contribution in [2.45, 2.75) is 13.0 Å². The fraction of sp³-hybridized carbons (Fsp3) is 0.160. The number of thioether (sulfide) groups is 1. The normalized spacial score (nSPS) is 11.2. The van der Waals surface area contributed by atoms with E-state index in [-0.39, 0.29) is 17.4 Å². The van der Waals surface area contributed by atoms with Crippen LogP contribution in [-0.4, -0.2) is 35.4 Å². The second-order valence-corrected chi connectivity index (χ2v) is 8.53. The molecule has 0 radical (unpaired) electrons. The van der Waals surface area contributed by atoms with E-state index in [9.17, 15) is 14.4 Å². The molecule has 0 aliphatic rings. The molecule has 9 heteroatoms. The van der Waals surface area contributed by atoms with Crippen molar-refractivity contribution in [3.63, 3.8) is 0 Å². The Hall–Kier alpha value is -3.49. The number of ether oxygens (including phenoxy) is 2. The number of esters is 1. The van der Waals surface area contributed by atoms with Crippen molar-refractivity contribution < 1.29 is 23.9 Å². The molecule has 3 rings (SSSR count). The van der Waals surface area contributed by atoms with Crippen LogP contribution in [0.2, 0.25) is 5.02 Å². The molecule has 0 bridgehead atoms. The van der Waals surface area contributed by atoms with Gasteiger partial charge in [-0.05, 0) is 67.6 Å². The Balaban J connectivity index is 1.36. The van der Waals surface area contributed by atoms with Gasteiger partial charge in [-0.25, -0.2) is 0 Å². The first-order valence-corrected chi connectivity index (χ1v) is 11.9. The van der Waals surface area contributed by atoms with Gasteiger partial charge >= 0.3 is 5.97 Å². The lowest BCUT2D eigenvalue weighted by atomic mass is 10.2. The third-order valence-corrected chi connectivity index (χ3v) is 5.52. The average Bonchev–Trinajstić information content (AvgIpc) is 2.82. The van der Waals surface area contributed by atoms with Gasteiger partial charge in [0.25, 0.3) is 5.91 Å². The molecule has 7 nitrogen and oxygen atoms in total. The molecule has 0 saturated heterocycles. The van der Waals surface area contributed by atoms with Gasteiger partial charge in [-0.15, -0.1) is 11.8 Å². The van der Waals surface area contributed by atoms with Gasteiger partial charge in [0.15, 0.2) is 6.10 Å². The van der Waals surface area contributed by atoms with Crippen molar-refractivity contribution in [3.8, 4) is 11.5 Å². The molecule has 34 heavy (non-hydrogen) atoms. The van der Waals surface area contributed by atoms with Crippen LogP contribution in [0.3, 0.4) is 0 Å². The molecule has 2 amide bonds. The Kier molecular flexibility index (Phi) is 9.37. The minimum atomic E-state index is -0.990. The third-order valence-electron chi connectivity index (χ3n) is 4.36. The summed E-state index contributed by atoms with van der Waals surface area (Å²) in [6.45, 7) is 1.48. The topological polar surface area (TPSA) is 93.7 Å². The van der Waals surface area contributed by atoms with E-state index in [1.807, 2.05) is 30.3 Å². The maximum atomic E-state index is 12.3. The van der Waals surface area contributed by atoms with E-state index >= 15 is 0 Å². The molecular weight excluding hydrogens is 476 g/mol. The fourth-order valence-corrected chi connectivity index (χ4v) is 3.44. The minimum absolute atomic E-state index is 0.0584. The Labute approximate surface area is 206 Å². The van der Waals surface area contributed by atoms with Crippen molar-refractivity contribution in [2.24, 2.45) is 0 Å². The van der Waals surface area contributed by atoms with Gasteiger partial charge < -0.3 is 20.1 Å². The van der Waals surface area contributed by atoms with Gasteiger partial charge in [-0.1, -0.05) is 29.8 Å². The second kappa shape index (κ2) is 12.7. The summed E-state index contributed by atoms with van der Waals surface area (Å²) in [5.74, 6) is 0.0352. The predicted octanol–water partition coefficient (Wildman–Crippen LogP) is 5.37. The van der Waals surface area contributed by atoms with E-state index in [0.29, 0.717) is 27.9 Å². The van der Waals surface area contributed by atoms with Crippen LogP contribution in [0.5, 0.6) is 11.5 Å². The maximum absolute atomic E-state index is 12.3. The zero-order chi connectivity index (χ0) is 24.3. The summed E-state index contributed by atoms with van der Waals surface area (Å²) in [4.78, 5) is 36.3. The number of carbonyl (C=O) groups excluding carboxylic acids is 3. The van der Waals surface area contributed by atoms with Crippen molar-refractivity contribution in [2.75, 3.05) is 22.1 Å². The highest BCUT2D eigenvalue weighted by Crippen LogP contribution is 2.22. The zero-order valence-corrected chi connectivity index (χ0v) is 19.9. The van der Waals surface area contributed by atoms with Crippen LogP contribution in [0.1, 0.15) is 6.92 Å². The van der Waals surface area contributed by atoms with Gasteiger partial charge in [0.2, 0.25) is 5.91 Å². The summed E-state index contributed by atoms with van der Waals surface area (Å²) in [5, 5.41) is 5.97. The molecule has 0 saturated carbocycles. The van der Waals surface area contributed by atoms with Crippen LogP contribution in [-0.2, 0) is 19.1 Å². The highest BCUT2D eigenvalue weighted by Gasteiger charge is 2.18. The summed E-state index contributed by atoms with van der Waals surface area (Å²) < 4.78 is 10.9. The molecule has 0 heterocycles. The molecule has 3 aromatic carbocycles. The van der Waals surface area contributed by atoms with Crippen LogP contribution in [0.15, 0.2) is 78.9 Å². The molecule has 0 spiro atoms. The standard InChI is InChI=1S/C25H23ClN2O5S/c1-17(32-24(30)16-34-15-23(29)27-19-9-7-18(26)8-10-19)25(31)28-20-11-13-22(14-12-20)33-21-5-3-2-4-6-21/h2-14,17H,15-16H2,1H3,(H,27,29)(H,28,31)/t17-/m0/s1. The summed E-state index contributed by atoms with van der Waals surface area (Å²) in [6.07, 6.45) is -0.990. The van der Waals surface area contributed by atoms with Crippen molar-refractivity contribution in [1.82, 2.24) is 0 Å². The first-order chi connectivity index (χ1) is 16.4. The van der Waals surface area contributed by atoms with Gasteiger partial charge in [0.05, 0.1) is 11.5 Å². The van der Waals surface area contributed by atoms with Gasteiger partial charge in [0, 0.05) is 16.4 Å². The lowest BCUT2D eigenvalue weighted by Gasteiger charge is -2.14. The summed E-state index contributed by atoms with van der Waals surface area (Å²) in [7, 11) is 0. The van der Waals surface area contributed by atoms with Crippen LogP contribution in [0.4, 0.5) is 11.4 Å². The van der Waals surface area contributed by atoms with Crippen LogP contribution in [0.25, 0.3) is 0 Å². The molecule has 2 N–H and O–H groups in total. The van der Waals surface area contributed by atoms with Crippen molar-refractivity contribution in [1.29, 1.82) is 0 Å².